The van der Waals surface area contributed by atoms with Crippen molar-refractivity contribution in [1.82, 2.24) is 0 Å². The van der Waals surface area contributed by atoms with E-state index in [9.17, 15) is 9.59 Å². The standard InChI is InChI=1S/C29H31NO5/c1-20-23(16-11-17-25(20)33-19-26(31)35-29(2,3)4)27(22-14-9-6-10-15-22)24(18-34-28(30)32)21-12-7-5-8-13-21/h5-17H,18-19H2,1-4H3,(H2,30,32). The lowest BCUT2D eigenvalue weighted by Crippen LogP contribution is -2.27. The fourth-order valence-electron chi connectivity index (χ4n) is 3.73. The van der Waals surface area contributed by atoms with E-state index in [4.69, 9.17) is 19.9 Å². The van der Waals surface area contributed by atoms with Crippen LogP contribution in [0.1, 0.15) is 43.0 Å². The Morgan fingerprint density at radius 2 is 1.40 bits per heavy atom. The smallest absolute Gasteiger partial charge is 0.404 e. The van der Waals surface area contributed by atoms with Gasteiger partial charge in [-0.3, -0.25) is 0 Å². The van der Waals surface area contributed by atoms with Crippen molar-refractivity contribution in [1.29, 1.82) is 0 Å². The predicted molar refractivity (Wildman–Crippen MR) is 137 cm³/mol. The number of hydrogen-bond donors (Lipinski definition) is 1. The number of primary amides is 1. The van der Waals surface area contributed by atoms with Crippen LogP contribution in [0.15, 0.2) is 78.9 Å². The summed E-state index contributed by atoms with van der Waals surface area (Å²) in [6, 6.07) is 25.2. The van der Waals surface area contributed by atoms with E-state index in [0.717, 1.165) is 33.4 Å². The Hall–Kier alpha value is -4.06. The molecule has 0 aliphatic carbocycles. The lowest BCUT2D eigenvalue weighted by Gasteiger charge is -2.21. The molecule has 0 saturated carbocycles. The molecule has 35 heavy (non-hydrogen) atoms. The Bertz CT molecular complexity index is 1190. The minimum absolute atomic E-state index is 0.00793. The van der Waals surface area contributed by atoms with Gasteiger partial charge in [0.2, 0.25) is 0 Å². The van der Waals surface area contributed by atoms with Gasteiger partial charge >= 0.3 is 12.1 Å². The van der Waals surface area contributed by atoms with Crippen LogP contribution in [0.3, 0.4) is 0 Å². The summed E-state index contributed by atoms with van der Waals surface area (Å²) in [4.78, 5) is 23.7. The first-order valence-corrected chi connectivity index (χ1v) is 11.4. The summed E-state index contributed by atoms with van der Waals surface area (Å²) in [5, 5.41) is 0. The molecular formula is C29H31NO5. The van der Waals surface area contributed by atoms with Gasteiger partial charge in [-0.05, 0) is 61.6 Å². The maximum absolute atomic E-state index is 12.2. The summed E-state index contributed by atoms with van der Waals surface area (Å²) in [7, 11) is 0. The van der Waals surface area contributed by atoms with Crippen LogP contribution in [-0.2, 0) is 14.3 Å². The van der Waals surface area contributed by atoms with Crippen molar-refractivity contribution < 1.29 is 23.8 Å². The molecule has 3 aromatic rings. The molecule has 1 amide bonds. The average Bonchev–Trinajstić information content (AvgIpc) is 2.81. The summed E-state index contributed by atoms with van der Waals surface area (Å²) in [6.07, 6.45) is -0.850. The highest BCUT2D eigenvalue weighted by Gasteiger charge is 2.20. The van der Waals surface area contributed by atoms with E-state index in [2.05, 4.69) is 0 Å². The molecule has 0 unspecified atom stereocenters. The fourth-order valence-corrected chi connectivity index (χ4v) is 3.73. The van der Waals surface area contributed by atoms with Crippen molar-refractivity contribution in [3.8, 4) is 5.75 Å². The quantitative estimate of drug-likeness (QED) is 0.331. The summed E-state index contributed by atoms with van der Waals surface area (Å²) in [5.41, 5.74) is 9.94. The van der Waals surface area contributed by atoms with Crippen LogP contribution in [0.2, 0.25) is 0 Å². The van der Waals surface area contributed by atoms with E-state index in [1.54, 1.807) is 0 Å². The van der Waals surface area contributed by atoms with Crippen LogP contribution in [-0.4, -0.2) is 30.9 Å². The van der Waals surface area contributed by atoms with E-state index in [1.165, 1.54) is 0 Å². The summed E-state index contributed by atoms with van der Waals surface area (Å²) in [6.45, 7) is 7.15. The Kier molecular flexibility index (Phi) is 8.31. The highest BCUT2D eigenvalue weighted by molar-refractivity contribution is 6.00. The molecular weight excluding hydrogens is 442 g/mol. The zero-order chi connectivity index (χ0) is 25.4. The van der Waals surface area contributed by atoms with Crippen molar-refractivity contribution in [3.63, 3.8) is 0 Å². The number of hydrogen-bond acceptors (Lipinski definition) is 5. The number of benzene rings is 3. The van der Waals surface area contributed by atoms with Crippen molar-refractivity contribution in [2.24, 2.45) is 5.73 Å². The van der Waals surface area contributed by atoms with Crippen molar-refractivity contribution in [2.45, 2.75) is 33.3 Å². The van der Waals surface area contributed by atoms with Gasteiger partial charge < -0.3 is 19.9 Å². The summed E-state index contributed by atoms with van der Waals surface area (Å²) < 4.78 is 16.5. The van der Waals surface area contributed by atoms with E-state index in [1.807, 2.05) is 107 Å². The van der Waals surface area contributed by atoms with Crippen LogP contribution in [0.25, 0.3) is 11.1 Å². The van der Waals surface area contributed by atoms with Gasteiger partial charge in [-0.2, -0.15) is 0 Å². The second kappa shape index (κ2) is 11.4. The molecule has 0 spiro atoms. The van der Waals surface area contributed by atoms with E-state index in [0.29, 0.717) is 5.75 Å². The van der Waals surface area contributed by atoms with Gasteiger partial charge in [0.1, 0.15) is 18.0 Å². The van der Waals surface area contributed by atoms with Crippen LogP contribution in [0.5, 0.6) is 5.75 Å². The third-order valence-corrected chi connectivity index (χ3v) is 5.16. The molecule has 2 N–H and O–H groups in total. The normalized spacial score (nSPS) is 11.9. The summed E-state index contributed by atoms with van der Waals surface area (Å²) >= 11 is 0. The molecule has 6 heteroatoms. The molecule has 182 valence electrons. The predicted octanol–water partition coefficient (Wildman–Crippen LogP) is 5.77. The van der Waals surface area contributed by atoms with Gasteiger partial charge in [0.05, 0.1) is 0 Å². The number of nitrogens with two attached hydrogens (primary N) is 1. The van der Waals surface area contributed by atoms with Gasteiger partial charge in [0, 0.05) is 5.57 Å². The molecule has 3 aromatic carbocycles. The van der Waals surface area contributed by atoms with E-state index in [-0.39, 0.29) is 13.2 Å². The number of amides is 1. The number of ether oxygens (including phenoxy) is 3. The molecule has 0 saturated heterocycles. The van der Waals surface area contributed by atoms with Gasteiger partial charge in [-0.15, -0.1) is 0 Å². The molecule has 0 bridgehead atoms. The Labute approximate surface area is 206 Å². The third kappa shape index (κ3) is 7.21. The first-order valence-electron chi connectivity index (χ1n) is 11.4. The minimum Gasteiger partial charge on any atom is -0.482 e. The van der Waals surface area contributed by atoms with Crippen LogP contribution in [0.4, 0.5) is 4.79 Å². The monoisotopic (exact) mass is 473 g/mol. The van der Waals surface area contributed by atoms with Crippen LogP contribution < -0.4 is 10.5 Å². The zero-order valence-corrected chi connectivity index (χ0v) is 20.5. The largest absolute Gasteiger partial charge is 0.482 e. The molecule has 0 aliphatic heterocycles. The van der Waals surface area contributed by atoms with Crippen LogP contribution in [0, 0.1) is 6.92 Å². The average molecular weight is 474 g/mol. The molecule has 0 fully saturated rings. The molecule has 0 aromatic heterocycles. The Morgan fingerprint density at radius 3 is 1.97 bits per heavy atom. The molecule has 3 rings (SSSR count). The topological polar surface area (TPSA) is 87.8 Å². The zero-order valence-electron chi connectivity index (χ0n) is 20.5. The van der Waals surface area contributed by atoms with Gasteiger partial charge in [-0.25, -0.2) is 9.59 Å². The lowest BCUT2D eigenvalue weighted by molar-refractivity contribution is -0.157. The number of rotatable bonds is 8. The minimum atomic E-state index is -0.850. The fraction of sp³-hybridized carbons (Fsp3) is 0.241. The molecule has 0 radical (unpaired) electrons. The lowest BCUT2D eigenvalue weighted by atomic mass is 9.87. The third-order valence-electron chi connectivity index (χ3n) is 5.16. The highest BCUT2D eigenvalue weighted by atomic mass is 16.6. The Morgan fingerprint density at radius 1 is 0.800 bits per heavy atom. The molecule has 0 atom stereocenters. The first kappa shape index (κ1) is 25.6. The van der Waals surface area contributed by atoms with Crippen molar-refractivity contribution in [3.05, 3.63) is 101 Å². The molecule has 6 nitrogen and oxygen atoms in total. The van der Waals surface area contributed by atoms with Crippen LogP contribution >= 0.6 is 0 Å². The molecule has 0 heterocycles. The number of carbonyl (C=O) groups is 2. The van der Waals surface area contributed by atoms with Gasteiger partial charge in [0.15, 0.2) is 6.61 Å². The first-order chi connectivity index (χ1) is 16.7. The number of carbonyl (C=O) groups excluding carboxylic acids is 2. The van der Waals surface area contributed by atoms with Gasteiger partial charge in [-0.1, -0.05) is 72.8 Å². The number of esters is 1. The van der Waals surface area contributed by atoms with Crippen molar-refractivity contribution in [2.75, 3.05) is 13.2 Å². The second-order valence-electron chi connectivity index (χ2n) is 9.00. The van der Waals surface area contributed by atoms with E-state index >= 15 is 0 Å². The Balaban J connectivity index is 2.12. The SMILES string of the molecule is Cc1c(OCC(=O)OC(C)(C)C)cccc1C(=C(COC(N)=O)c1ccccc1)c1ccccc1. The highest BCUT2D eigenvalue weighted by Crippen LogP contribution is 2.37. The summed E-state index contributed by atoms with van der Waals surface area (Å²) in [5.74, 6) is 0.117. The molecule has 0 aliphatic rings. The van der Waals surface area contributed by atoms with Crippen molar-refractivity contribution >= 4 is 23.2 Å². The maximum atomic E-state index is 12.2. The second-order valence-corrected chi connectivity index (χ2v) is 9.00. The maximum Gasteiger partial charge on any atom is 0.404 e. The van der Waals surface area contributed by atoms with E-state index < -0.39 is 17.7 Å². The van der Waals surface area contributed by atoms with Gasteiger partial charge in [0.25, 0.3) is 0 Å².